The van der Waals surface area contributed by atoms with Crippen molar-refractivity contribution in [1.29, 1.82) is 0 Å². The van der Waals surface area contributed by atoms with Crippen molar-refractivity contribution in [3.8, 4) is 0 Å². The predicted molar refractivity (Wildman–Crippen MR) is 56.1 cm³/mol. The van der Waals surface area contributed by atoms with Crippen LogP contribution >= 0.6 is 0 Å². The van der Waals surface area contributed by atoms with E-state index in [4.69, 9.17) is 5.11 Å². The molecule has 0 aliphatic rings. The van der Waals surface area contributed by atoms with Crippen LogP contribution < -0.4 is 0 Å². The first-order chi connectivity index (χ1) is 8.43. The molecular weight excluding hydrogens is 252 g/mol. The lowest BCUT2D eigenvalue weighted by Gasteiger charge is -2.05. The van der Waals surface area contributed by atoms with Gasteiger partial charge in [-0.2, -0.15) is 0 Å². The topological polar surface area (TPSA) is 37.3 Å². The van der Waals surface area contributed by atoms with Crippen molar-refractivity contribution in [2.45, 2.75) is 32.1 Å². The standard InChI is InChI=1S/C12H12F4O2/c13-8-6-7(10(14)12(16)11(8)15)4-2-1-3-5-9(17)18/h6H,1-5H2,(H,17,18). The number of rotatable bonds is 6. The van der Waals surface area contributed by atoms with Gasteiger partial charge in [0.2, 0.25) is 0 Å². The van der Waals surface area contributed by atoms with Crippen LogP contribution in [0.2, 0.25) is 0 Å². The molecule has 0 aliphatic heterocycles. The molecule has 2 nitrogen and oxygen atoms in total. The highest BCUT2D eigenvalue weighted by atomic mass is 19.2. The van der Waals surface area contributed by atoms with Crippen LogP contribution in [0.5, 0.6) is 0 Å². The van der Waals surface area contributed by atoms with Crippen molar-refractivity contribution in [3.63, 3.8) is 0 Å². The third-order valence-corrected chi connectivity index (χ3v) is 2.51. The summed E-state index contributed by atoms with van der Waals surface area (Å²) < 4.78 is 51.6. The Kier molecular flexibility index (Phi) is 5.12. The third-order valence-electron chi connectivity index (χ3n) is 2.51. The number of carboxylic acid groups (broad SMARTS) is 1. The van der Waals surface area contributed by atoms with Crippen LogP contribution in [0.3, 0.4) is 0 Å². The minimum Gasteiger partial charge on any atom is -0.481 e. The summed E-state index contributed by atoms with van der Waals surface area (Å²) in [6.45, 7) is 0. The molecule has 1 rings (SSSR count). The van der Waals surface area contributed by atoms with Crippen LogP contribution in [-0.4, -0.2) is 11.1 Å². The van der Waals surface area contributed by atoms with Gasteiger partial charge in [-0.15, -0.1) is 0 Å². The fourth-order valence-electron chi connectivity index (χ4n) is 1.57. The number of aryl methyl sites for hydroxylation is 1. The molecular formula is C12H12F4O2. The normalized spacial score (nSPS) is 10.7. The van der Waals surface area contributed by atoms with E-state index in [-0.39, 0.29) is 18.4 Å². The predicted octanol–water partition coefficient (Wildman–Crippen LogP) is 3.43. The molecule has 1 aromatic carbocycles. The summed E-state index contributed by atoms with van der Waals surface area (Å²) >= 11 is 0. The second-order valence-corrected chi connectivity index (χ2v) is 3.91. The number of benzene rings is 1. The molecule has 0 saturated heterocycles. The first-order valence-corrected chi connectivity index (χ1v) is 5.47. The Morgan fingerprint density at radius 3 is 2.28 bits per heavy atom. The van der Waals surface area contributed by atoms with Crippen molar-refractivity contribution >= 4 is 5.97 Å². The summed E-state index contributed by atoms with van der Waals surface area (Å²) in [7, 11) is 0. The Hall–Kier alpha value is -1.59. The van der Waals surface area contributed by atoms with Crippen LogP contribution in [0, 0.1) is 23.3 Å². The van der Waals surface area contributed by atoms with E-state index in [9.17, 15) is 22.4 Å². The molecule has 0 atom stereocenters. The average molecular weight is 264 g/mol. The lowest BCUT2D eigenvalue weighted by molar-refractivity contribution is -0.137. The van der Waals surface area contributed by atoms with Gasteiger partial charge < -0.3 is 5.11 Å². The van der Waals surface area contributed by atoms with Crippen molar-refractivity contribution in [2.75, 3.05) is 0 Å². The van der Waals surface area contributed by atoms with Gasteiger partial charge in [-0.25, -0.2) is 17.6 Å². The molecule has 0 unspecified atom stereocenters. The monoisotopic (exact) mass is 264 g/mol. The zero-order chi connectivity index (χ0) is 13.7. The number of unbranched alkanes of at least 4 members (excludes halogenated alkanes) is 2. The van der Waals surface area contributed by atoms with E-state index in [2.05, 4.69) is 0 Å². The fourth-order valence-corrected chi connectivity index (χ4v) is 1.57. The average Bonchev–Trinajstić information content (AvgIpc) is 2.32. The van der Waals surface area contributed by atoms with Gasteiger partial charge in [0.05, 0.1) is 0 Å². The summed E-state index contributed by atoms with van der Waals surface area (Å²) in [6, 6.07) is 0.630. The SMILES string of the molecule is O=C(O)CCCCCc1cc(F)c(F)c(F)c1F. The molecule has 0 fully saturated rings. The van der Waals surface area contributed by atoms with Crippen molar-refractivity contribution in [1.82, 2.24) is 0 Å². The fraction of sp³-hybridized carbons (Fsp3) is 0.417. The molecule has 0 saturated carbocycles. The second-order valence-electron chi connectivity index (χ2n) is 3.91. The maximum Gasteiger partial charge on any atom is 0.303 e. The molecule has 0 radical (unpaired) electrons. The van der Waals surface area contributed by atoms with Gasteiger partial charge in [0.25, 0.3) is 0 Å². The van der Waals surface area contributed by atoms with Gasteiger partial charge in [-0.3, -0.25) is 4.79 Å². The Morgan fingerprint density at radius 1 is 1.00 bits per heavy atom. The largest absolute Gasteiger partial charge is 0.481 e. The Morgan fingerprint density at radius 2 is 1.67 bits per heavy atom. The molecule has 0 spiro atoms. The molecule has 18 heavy (non-hydrogen) atoms. The molecule has 0 heterocycles. The van der Waals surface area contributed by atoms with Crippen LogP contribution in [0.15, 0.2) is 6.07 Å². The summed E-state index contributed by atoms with van der Waals surface area (Å²) in [4.78, 5) is 10.2. The van der Waals surface area contributed by atoms with E-state index in [1.54, 1.807) is 0 Å². The molecule has 1 N–H and O–H groups in total. The zero-order valence-corrected chi connectivity index (χ0v) is 9.48. The van der Waals surface area contributed by atoms with Gasteiger partial charge in [-0.1, -0.05) is 6.42 Å². The smallest absolute Gasteiger partial charge is 0.303 e. The van der Waals surface area contributed by atoms with E-state index in [1.165, 1.54) is 0 Å². The zero-order valence-electron chi connectivity index (χ0n) is 9.48. The van der Waals surface area contributed by atoms with Gasteiger partial charge in [0.1, 0.15) is 0 Å². The number of halogens is 4. The minimum absolute atomic E-state index is 0.00534. The highest BCUT2D eigenvalue weighted by Crippen LogP contribution is 2.20. The maximum atomic E-state index is 13.2. The highest BCUT2D eigenvalue weighted by molar-refractivity contribution is 5.66. The van der Waals surface area contributed by atoms with Gasteiger partial charge in [0.15, 0.2) is 23.3 Å². The minimum atomic E-state index is -1.82. The van der Waals surface area contributed by atoms with Gasteiger partial charge >= 0.3 is 5.97 Å². The molecule has 0 amide bonds. The van der Waals surface area contributed by atoms with E-state index in [0.29, 0.717) is 25.3 Å². The first-order valence-electron chi connectivity index (χ1n) is 5.47. The van der Waals surface area contributed by atoms with E-state index < -0.39 is 29.2 Å². The molecule has 0 aliphatic carbocycles. The van der Waals surface area contributed by atoms with Crippen molar-refractivity contribution in [3.05, 3.63) is 34.9 Å². The maximum absolute atomic E-state index is 13.2. The van der Waals surface area contributed by atoms with E-state index >= 15 is 0 Å². The van der Waals surface area contributed by atoms with Gasteiger partial charge in [0, 0.05) is 6.42 Å². The lowest BCUT2D eigenvalue weighted by atomic mass is 10.0. The van der Waals surface area contributed by atoms with Crippen molar-refractivity contribution in [2.24, 2.45) is 0 Å². The third kappa shape index (κ3) is 3.72. The summed E-state index contributed by atoms with van der Waals surface area (Å²) in [5, 5.41) is 8.38. The number of hydrogen-bond acceptors (Lipinski definition) is 1. The number of hydrogen-bond donors (Lipinski definition) is 1. The van der Waals surface area contributed by atoms with Gasteiger partial charge in [-0.05, 0) is 30.9 Å². The van der Waals surface area contributed by atoms with Crippen LogP contribution in [0.1, 0.15) is 31.2 Å². The quantitative estimate of drug-likeness (QED) is 0.370. The molecule has 100 valence electrons. The number of carbonyl (C=O) groups is 1. The summed E-state index contributed by atoms with van der Waals surface area (Å²) in [5.41, 5.74) is -0.235. The summed E-state index contributed by atoms with van der Waals surface area (Å²) in [6.07, 6.45) is 1.32. The molecule has 1 aromatic rings. The van der Waals surface area contributed by atoms with Crippen LogP contribution in [-0.2, 0) is 11.2 Å². The van der Waals surface area contributed by atoms with E-state index in [1.807, 2.05) is 0 Å². The lowest BCUT2D eigenvalue weighted by Crippen LogP contribution is -2.02. The second kappa shape index (κ2) is 6.37. The Labute approximate surface area is 101 Å². The molecule has 0 aromatic heterocycles. The van der Waals surface area contributed by atoms with Crippen LogP contribution in [0.4, 0.5) is 17.6 Å². The van der Waals surface area contributed by atoms with Crippen molar-refractivity contribution < 1.29 is 27.5 Å². The number of aliphatic carboxylic acids is 1. The molecule has 0 bridgehead atoms. The molecule has 6 heteroatoms. The van der Waals surface area contributed by atoms with Crippen LogP contribution in [0.25, 0.3) is 0 Å². The Bertz CT molecular complexity index is 446. The number of carboxylic acids is 1. The Balaban J connectivity index is 2.55. The highest BCUT2D eigenvalue weighted by Gasteiger charge is 2.18. The summed E-state index contributed by atoms with van der Waals surface area (Å²) in [5.74, 6) is -7.36. The first kappa shape index (κ1) is 14.5. The van der Waals surface area contributed by atoms with E-state index in [0.717, 1.165) is 0 Å².